The van der Waals surface area contributed by atoms with Crippen LogP contribution in [0.15, 0.2) is 30.3 Å². The summed E-state index contributed by atoms with van der Waals surface area (Å²) in [6.45, 7) is 2.07. The number of hydrogen-bond acceptors (Lipinski definition) is 5. The highest BCUT2D eigenvalue weighted by Crippen LogP contribution is 2.36. The molecular weight excluding hydrogens is 454 g/mol. The van der Waals surface area contributed by atoms with Crippen molar-refractivity contribution in [1.82, 2.24) is 0 Å². The van der Waals surface area contributed by atoms with Crippen molar-refractivity contribution in [3.8, 4) is 0 Å². The van der Waals surface area contributed by atoms with Crippen molar-refractivity contribution in [2.75, 3.05) is 21.1 Å². The smallest absolute Gasteiger partial charge is 0.421 e. The van der Waals surface area contributed by atoms with Gasteiger partial charge in [0.2, 0.25) is 0 Å². The topological polar surface area (TPSA) is 103 Å². The van der Waals surface area contributed by atoms with E-state index in [4.69, 9.17) is 0 Å². The highest BCUT2D eigenvalue weighted by atomic mass is 32.3. The fourth-order valence-corrected chi connectivity index (χ4v) is 3.28. The molecule has 0 saturated carbocycles. The summed E-state index contributed by atoms with van der Waals surface area (Å²) in [6, 6.07) is 10.0. The molecule has 0 aromatic heterocycles. The zero-order valence-corrected chi connectivity index (χ0v) is 17.2. The summed E-state index contributed by atoms with van der Waals surface area (Å²) in [5.41, 5.74) is -11.4. The van der Waals surface area contributed by atoms with E-state index >= 15 is 0 Å². The highest BCUT2D eigenvalue weighted by Gasteiger charge is 2.46. The number of alkyl halides is 6. The maximum Gasteiger partial charge on any atom is 0.480 e. The molecule has 0 aliphatic heterocycles. The molecule has 0 saturated heterocycles. The lowest BCUT2D eigenvalue weighted by Gasteiger charge is -2.34. The summed E-state index contributed by atoms with van der Waals surface area (Å²) in [4.78, 5) is 0. The molecule has 29 heavy (non-hydrogen) atoms. The molecule has 0 aliphatic rings. The molecular formula is C14H20F6N2O5S2. The van der Waals surface area contributed by atoms with Crippen LogP contribution in [0.2, 0.25) is 0 Å². The summed E-state index contributed by atoms with van der Waals surface area (Å²) >= 11 is 0. The van der Waals surface area contributed by atoms with E-state index in [-0.39, 0.29) is 6.04 Å². The molecule has 0 aliphatic carbocycles. The average molecular weight is 474 g/mol. The lowest BCUT2D eigenvalue weighted by molar-refractivity contribution is -0.898. The molecule has 1 aromatic rings. The van der Waals surface area contributed by atoms with Gasteiger partial charge >= 0.3 is 11.0 Å². The van der Waals surface area contributed by atoms with Gasteiger partial charge in [-0.25, -0.2) is 16.8 Å². The fraction of sp³-hybridized carbons (Fsp3) is 0.571. The summed E-state index contributed by atoms with van der Waals surface area (Å²) in [7, 11) is -7.16. The van der Waals surface area contributed by atoms with E-state index in [2.05, 4.69) is 28.1 Å². The zero-order valence-electron chi connectivity index (χ0n) is 15.6. The van der Waals surface area contributed by atoms with Crippen molar-refractivity contribution in [3.63, 3.8) is 0 Å². The van der Waals surface area contributed by atoms with Gasteiger partial charge in [0.1, 0.15) is 12.1 Å². The Balaban J connectivity index is 0.000000541. The van der Waals surface area contributed by atoms with Crippen molar-refractivity contribution in [2.45, 2.75) is 30.1 Å². The molecule has 0 radical (unpaired) electrons. The van der Waals surface area contributed by atoms with Crippen LogP contribution in [0, 0.1) is 0 Å². The molecule has 2 atom stereocenters. The van der Waals surface area contributed by atoms with E-state index in [1.165, 1.54) is 0 Å². The highest BCUT2D eigenvalue weighted by molar-refractivity contribution is 8.13. The van der Waals surface area contributed by atoms with Crippen LogP contribution in [-0.4, -0.2) is 64.6 Å². The van der Waals surface area contributed by atoms with E-state index in [9.17, 15) is 48.3 Å². The van der Waals surface area contributed by atoms with Crippen molar-refractivity contribution >= 4 is 20.0 Å². The van der Waals surface area contributed by atoms with Gasteiger partial charge in [-0.3, -0.25) is 0 Å². The number of nitrogens with zero attached hydrogens (tertiary/aromatic N) is 2. The van der Waals surface area contributed by atoms with Crippen LogP contribution >= 0.6 is 0 Å². The monoisotopic (exact) mass is 474 g/mol. The molecule has 1 N–H and O–H groups in total. The van der Waals surface area contributed by atoms with Crippen molar-refractivity contribution in [1.29, 1.82) is 0 Å². The van der Waals surface area contributed by atoms with Gasteiger partial charge < -0.3 is 13.7 Å². The maximum atomic E-state index is 11.4. The lowest BCUT2D eigenvalue weighted by Crippen LogP contribution is -2.46. The standard InChI is InChI=1S/C12H20NO.C2F6NO4S2/c1-10(13(2,3)4)12(14)11-8-6-5-7-9-11;3-1(4,5)14(10,11)9-15(12,13)2(6,7)8/h5-10,12,14H,1-4H3;/q+1;-1/t10-,12-;/m1./s1. The first kappa shape index (κ1) is 27.6. The first-order chi connectivity index (χ1) is 12.6. The second-order valence-corrected chi connectivity index (χ2v) is 10.1. The van der Waals surface area contributed by atoms with Gasteiger partial charge in [-0.1, -0.05) is 30.3 Å². The predicted molar refractivity (Wildman–Crippen MR) is 92.2 cm³/mol. The number of aliphatic hydroxyl groups is 1. The third-order valence-electron chi connectivity index (χ3n) is 3.60. The number of sulfonamides is 2. The molecule has 0 bridgehead atoms. The Bertz CT molecular complexity index is 820. The predicted octanol–water partition coefficient (Wildman–Crippen LogP) is 2.87. The van der Waals surface area contributed by atoms with Gasteiger partial charge in [-0.05, 0) is 12.5 Å². The molecule has 0 unspecified atom stereocenters. The Morgan fingerprint density at radius 3 is 1.48 bits per heavy atom. The Morgan fingerprint density at radius 2 is 1.21 bits per heavy atom. The van der Waals surface area contributed by atoms with Crippen LogP contribution < -0.4 is 0 Å². The zero-order chi connectivity index (χ0) is 23.5. The number of halogens is 6. The van der Waals surface area contributed by atoms with Gasteiger partial charge in [0.25, 0.3) is 0 Å². The molecule has 0 heterocycles. The second kappa shape index (κ2) is 9.16. The van der Waals surface area contributed by atoms with Gasteiger partial charge in [-0.2, -0.15) is 26.3 Å². The van der Waals surface area contributed by atoms with E-state index < -0.39 is 37.2 Å². The maximum absolute atomic E-state index is 11.4. The molecule has 1 aromatic carbocycles. The van der Waals surface area contributed by atoms with Crippen LogP contribution in [0.25, 0.3) is 4.13 Å². The minimum Gasteiger partial charge on any atom is -0.421 e. The minimum absolute atomic E-state index is 0.192. The number of aliphatic hydroxyl groups excluding tert-OH is 1. The first-order valence-corrected chi connectivity index (χ1v) is 10.4. The Kier molecular flexibility index (Phi) is 8.71. The van der Waals surface area contributed by atoms with Gasteiger partial charge in [0.15, 0.2) is 20.0 Å². The summed E-state index contributed by atoms with van der Waals surface area (Å²) in [5.74, 6) is 0. The van der Waals surface area contributed by atoms with Crippen molar-refractivity contribution in [3.05, 3.63) is 40.0 Å². The van der Waals surface area contributed by atoms with Crippen LogP contribution in [0.4, 0.5) is 26.3 Å². The molecule has 15 heteroatoms. The minimum atomic E-state index is -6.72. The molecule has 7 nitrogen and oxygen atoms in total. The number of quaternary nitrogens is 1. The third-order valence-corrected chi connectivity index (χ3v) is 6.34. The molecule has 0 spiro atoms. The van der Waals surface area contributed by atoms with Crippen LogP contribution in [0.1, 0.15) is 18.6 Å². The van der Waals surface area contributed by atoms with Gasteiger partial charge in [-0.15, -0.1) is 0 Å². The summed E-state index contributed by atoms with van der Waals surface area (Å²) < 4.78 is 110. The summed E-state index contributed by atoms with van der Waals surface area (Å²) in [5, 5.41) is 10.1. The van der Waals surface area contributed by atoms with E-state index in [0.29, 0.717) is 0 Å². The molecule has 0 amide bonds. The number of likely N-dealkylation sites (N-methyl/N-ethyl adjacent to an activating group) is 1. The second-order valence-electron chi connectivity index (χ2n) is 6.63. The fourth-order valence-electron chi connectivity index (χ4n) is 1.57. The van der Waals surface area contributed by atoms with Gasteiger partial charge in [0.05, 0.1) is 21.1 Å². The third kappa shape index (κ3) is 8.08. The SMILES string of the molecule is C[C@H]([C@@H](O)c1ccccc1)[N+](C)(C)C.O=S(=O)([N-]S(=O)(=O)C(F)(F)F)C(F)(F)F. The molecule has 0 fully saturated rings. The van der Waals surface area contributed by atoms with E-state index in [1.807, 2.05) is 30.3 Å². The number of hydrogen-bond donors (Lipinski definition) is 1. The molecule has 170 valence electrons. The number of benzene rings is 1. The van der Waals surface area contributed by atoms with Crippen molar-refractivity contribution < 1.29 is 52.8 Å². The quantitative estimate of drug-likeness (QED) is 0.522. The van der Waals surface area contributed by atoms with Crippen LogP contribution in [0.3, 0.4) is 0 Å². The Labute approximate surface area is 164 Å². The van der Waals surface area contributed by atoms with Crippen LogP contribution in [0.5, 0.6) is 0 Å². The molecule has 1 rings (SSSR count). The summed E-state index contributed by atoms with van der Waals surface area (Å²) in [6.07, 6.45) is -0.392. The van der Waals surface area contributed by atoms with Crippen LogP contribution in [-0.2, 0) is 20.0 Å². The van der Waals surface area contributed by atoms with Crippen molar-refractivity contribution in [2.24, 2.45) is 0 Å². The lowest BCUT2D eigenvalue weighted by atomic mass is 10.0. The largest absolute Gasteiger partial charge is 0.480 e. The Hall–Kier alpha value is -1.42. The normalized spacial score (nSPS) is 15.8. The first-order valence-electron chi connectivity index (χ1n) is 7.54. The Morgan fingerprint density at radius 1 is 0.862 bits per heavy atom. The van der Waals surface area contributed by atoms with E-state index in [1.54, 1.807) is 0 Å². The van der Waals surface area contributed by atoms with E-state index in [0.717, 1.165) is 14.2 Å². The average Bonchev–Trinajstić information content (AvgIpc) is 2.51. The van der Waals surface area contributed by atoms with Gasteiger partial charge in [0, 0.05) is 0 Å². The number of rotatable bonds is 5.